The smallest absolute Gasteiger partial charge is 0.257 e. The Hall–Kier alpha value is -1.75. The molecule has 1 aliphatic carbocycles. The van der Waals surface area contributed by atoms with Crippen molar-refractivity contribution in [1.82, 2.24) is 10.2 Å². The highest BCUT2D eigenvalue weighted by Crippen LogP contribution is 2.25. The largest absolute Gasteiger partial charge is 0.482 e. The van der Waals surface area contributed by atoms with Crippen molar-refractivity contribution in [3.8, 4) is 5.75 Å². The number of nitrogens with zero attached hydrogens (tertiary/aromatic N) is 1. The zero-order chi connectivity index (χ0) is 14.4. The van der Waals surface area contributed by atoms with E-state index in [0.717, 1.165) is 19.1 Å². The standard InChI is InChI=1S/C15H23N3O2/c1-2-18(12-7-8-12)10-9-17-15(19)11-20-14-6-4-3-5-13(14)16/h3-6,12H,2,7-11,16H2,1H3,(H,17,19). The molecular formula is C15H23N3O2. The van der Waals surface area contributed by atoms with Crippen molar-refractivity contribution in [2.75, 3.05) is 32.0 Å². The third kappa shape index (κ3) is 4.42. The maximum atomic E-state index is 11.7. The molecule has 0 heterocycles. The summed E-state index contributed by atoms with van der Waals surface area (Å²) in [5, 5.41) is 2.87. The minimum atomic E-state index is -0.111. The van der Waals surface area contributed by atoms with Crippen molar-refractivity contribution in [3.63, 3.8) is 0 Å². The van der Waals surface area contributed by atoms with E-state index in [9.17, 15) is 4.79 Å². The quantitative estimate of drug-likeness (QED) is 0.702. The molecule has 1 aromatic carbocycles. The number of likely N-dealkylation sites (N-methyl/N-ethyl adjacent to an activating group) is 1. The van der Waals surface area contributed by atoms with E-state index < -0.39 is 0 Å². The van der Waals surface area contributed by atoms with Crippen molar-refractivity contribution >= 4 is 11.6 Å². The molecule has 1 aromatic rings. The van der Waals surface area contributed by atoms with Crippen LogP contribution in [0.1, 0.15) is 19.8 Å². The van der Waals surface area contributed by atoms with Gasteiger partial charge in [-0.25, -0.2) is 0 Å². The Morgan fingerprint density at radius 1 is 1.45 bits per heavy atom. The minimum Gasteiger partial charge on any atom is -0.482 e. The number of anilines is 1. The molecule has 0 aliphatic heterocycles. The fraction of sp³-hybridized carbons (Fsp3) is 0.533. The summed E-state index contributed by atoms with van der Waals surface area (Å²) in [6.45, 7) is 4.76. The number of hydrogen-bond donors (Lipinski definition) is 2. The van der Waals surface area contributed by atoms with Gasteiger partial charge in [0, 0.05) is 19.1 Å². The van der Waals surface area contributed by atoms with Gasteiger partial charge in [0.25, 0.3) is 5.91 Å². The average Bonchev–Trinajstić information content (AvgIpc) is 3.27. The summed E-state index contributed by atoms with van der Waals surface area (Å²) in [7, 11) is 0. The summed E-state index contributed by atoms with van der Waals surface area (Å²) in [4.78, 5) is 14.1. The molecule has 110 valence electrons. The number of nitrogen functional groups attached to an aromatic ring is 1. The highest BCUT2D eigenvalue weighted by molar-refractivity contribution is 5.77. The number of ether oxygens (including phenoxy) is 1. The second-order valence-corrected chi connectivity index (χ2v) is 5.04. The fourth-order valence-corrected chi connectivity index (χ4v) is 2.18. The van der Waals surface area contributed by atoms with Crippen LogP contribution in [-0.4, -0.2) is 43.1 Å². The highest BCUT2D eigenvalue weighted by atomic mass is 16.5. The molecular weight excluding hydrogens is 254 g/mol. The Labute approximate surface area is 120 Å². The van der Waals surface area contributed by atoms with Crippen LogP contribution in [0.2, 0.25) is 0 Å². The van der Waals surface area contributed by atoms with Crippen LogP contribution in [0.15, 0.2) is 24.3 Å². The topological polar surface area (TPSA) is 67.6 Å². The lowest BCUT2D eigenvalue weighted by Gasteiger charge is -2.19. The third-order valence-corrected chi connectivity index (χ3v) is 3.47. The molecule has 2 rings (SSSR count). The number of nitrogens with one attached hydrogen (secondary N) is 1. The summed E-state index contributed by atoms with van der Waals surface area (Å²) in [6, 6.07) is 7.91. The molecule has 20 heavy (non-hydrogen) atoms. The SMILES string of the molecule is CCN(CCNC(=O)COc1ccccc1N)C1CC1. The number of para-hydroxylation sites is 2. The number of nitrogens with two attached hydrogens (primary N) is 1. The number of carbonyl (C=O) groups is 1. The summed E-state index contributed by atoms with van der Waals surface area (Å²) in [5.74, 6) is 0.441. The first-order chi connectivity index (χ1) is 9.70. The molecule has 0 radical (unpaired) electrons. The molecule has 5 nitrogen and oxygen atoms in total. The van der Waals surface area contributed by atoms with E-state index in [4.69, 9.17) is 10.5 Å². The van der Waals surface area contributed by atoms with Crippen molar-refractivity contribution in [2.24, 2.45) is 0 Å². The number of hydrogen-bond acceptors (Lipinski definition) is 4. The van der Waals surface area contributed by atoms with E-state index in [1.54, 1.807) is 12.1 Å². The summed E-state index contributed by atoms with van der Waals surface area (Å²) >= 11 is 0. The lowest BCUT2D eigenvalue weighted by atomic mass is 10.3. The zero-order valence-electron chi connectivity index (χ0n) is 12.0. The predicted octanol–water partition coefficient (Wildman–Crippen LogP) is 1.25. The van der Waals surface area contributed by atoms with Crippen molar-refractivity contribution < 1.29 is 9.53 Å². The molecule has 1 amide bonds. The molecule has 1 aliphatic rings. The average molecular weight is 277 g/mol. The van der Waals surface area contributed by atoms with Crippen LogP contribution in [-0.2, 0) is 4.79 Å². The Kier molecular flexibility index (Phi) is 5.24. The third-order valence-electron chi connectivity index (χ3n) is 3.47. The van der Waals surface area contributed by atoms with E-state index in [2.05, 4.69) is 17.1 Å². The van der Waals surface area contributed by atoms with Gasteiger partial charge in [0.2, 0.25) is 0 Å². The van der Waals surface area contributed by atoms with E-state index in [0.29, 0.717) is 18.0 Å². The number of rotatable bonds is 8. The maximum Gasteiger partial charge on any atom is 0.257 e. The highest BCUT2D eigenvalue weighted by Gasteiger charge is 2.27. The second kappa shape index (κ2) is 7.14. The zero-order valence-corrected chi connectivity index (χ0v) is 12.0. The van der Waals surface area contributed by atoms with E-state index in [1.807, 2.05) is 12.1 Å². The first-order valence-corrected chi connectivity index (χ1v) is 7.18. The number of carbonyl (C=O) groups excluding carboxylic acids is 1. The van der Waals surface area contributed by atoms with Gasteiger partial charge in [0.15, 0.2) is 6.61 Å². The molecule has 5 heteroatoms. The Morgan fingerprint density at radius 3 is 2.85 bits per heavy atom. The monoisotopic (exact) mass is 277 g/mol. The van der Waals surface area contributed by atoms with Gasteiger partial charge in [0.05, 0.1) is 5.69 Å². The number of amides is 1. The van der Waals surface area contributed by atoms with Crippen LogP contribution in [0.25, 0.3) is 0 Å². The van der Waals surface area contributed by atoms with Crippen LogP contribution in [0.4, 0.5) is 5.69 Å². The normalized spacial score (nSPS) is 14.3. The van der Waals surface area contributed by atoms with Gasteiger partial charge in [-0.05, 0) is 31.5 Å². The fourth-order valence-electron chi connectivity index (χ4n) is 2.18. The van der Waals surface area contributed by atoms with Gasteiger partial charge in [-0.15, -0.1) is 0 Å². The van der Waals surface area contributed by atoms with Crippen LogP contribution < -0.4 is 15.8 Å². The first-order valence-electron chi connectivity index (χ1n) is 7.18. The van der Waals surface area contributed by atoms with Gasteiger partial charge in [0.1, 0.15) is 5.75 Å². The molecule has 3 N–H and O–H groups in total. The molecule has 0 aromatic heterocycles. The van der Waals surface area contributed by atoms with Gasteiger partial charge in [-0.3, -0.25) is 9.69 Å². The molecule has 0 bridgehead atoms. The minimum absolute atomic E-state index is 0.00374. The van der Waals surface area contributed by atoms with Crippen LogP contribution in [0.5, 0.6) is 5.75 Å². The van der Waals surface area contributed by atoms with E-state index in [-0.39, 0.29) is 12.5 Å². The van der Waals surface area contributed by atoms with Gasteiger partial charge >= 0.3 is 0 Å². The first kappa shape index (κ1) is 14.7. The van der Waals surface area contributed by atoms with Gasteiger partial charge in [-0.2, -0.15) is 0 Å². The predicted molar refractivity (Wildman–Crippen MR) is 79.6 cm³/mol. The Morgan fingerprint density at radius 2 is 2.20 bits per heavy atom. The summed E-state index contributed by atoms with van der Waals surface area (Å²) in [6.07, 6.45) is 2.58. The lowest BCUT2D eigenvalue weighted by Crippen LogP contribution is -2.37. The molecule has 0 spiro atoms. The van der Waals surface area contributed by atoms with Crippen LogP contribution in [0.3, 0.4) is 0 Å². The van der Waals surface area contributed by atoms with Crippen LogP contribution >= 0.6 is 0 Å². The lowest BCUT2D eigenvalue weighted by molar-refractivity contribution is -0.123. The van der Waals surface area contributed by atoms with Crippen molar-refractivity contribution in [2.45, 2.75) is 25.8 Å². The second-order valence-electron chi connectivity index (χ2n) is 5.04. The molecule has 1 fully saturated rings. The van der Waals surface area contributed by atoms with E-state index >= 15 is 0 Å². The Balaban J connectivity index is 1.64. The van der Waals surface area contributed by atoms with E-state index in [1.165, 1.54) is 12.8 Å². The molecule has 0 atom stereocenters. The maximum absolute atomic E-state index is 11.7. The number of benzene rings is 1. The molecule has 1 saturated carbocycles. The van der Waals surface area contributed by atoms with Gasteiger partial charge in [-0.1, -0.05) is 19.1 Å². The summed E-state index contributed by atoms with van der Waals surface area (Å²) < 4.78 is 5.39. The molecule has 0 unspecified atom stereocenters. The summed E-state index contributed by atoms with van der Waals surface area (Å²) in [5.41, 5.74) is 6.29. The van der Waals surface area contributed by atoms with Gasteiger partial charge < -0.3 is 15.8 Å². The van der Waals surface area contributed by atoms with Crippen molar-refractivity contribution in [1.29, 1.82) is 0 Å². The molecule has 0 saturated heterocycles. The Bertz CT molecular complexity index is 446. The van der Waals surface area contributed by atoms with Crippen LogP contribution in [0, 0.1) is 0 Å². The van der Waals surface area contributed by atoms with Crippen molar-refractivity contribution in [3.05, 3.63) is 24.3 Å².